The highest BCUT2D eigenvalue weighted by atomic mass is 35.5. The predicted molar refractivity (Wildman–Crippen MR) is 124 cm³/mol. The van der Waals surface area contributed by atoms with Crippen LogP contribution in [0.15, 0.2) is 66.2 Å². The zero-order valence-electron chi connectivity index (χ0n) is 17.2. The maximum atomic E-state index is 13.6. The van der Waals surface area contributed by atoms with Gasteiger partial charge in [0.15, 0.2) is 0 Å². The van der Waals surface area contributed by atoms with Crippen LogP contribution in [-0.4, -0.2) is 16.8 Å². The van der Waals surface area contributed by atoms with Gasteiger partial charge in [-0.05, 0) is 61.4 Å². The Hall–Kier alpha value is -3.15. The Morgan fingerprint density at radius 1 is 0.938 bits per heavy atom. The van der Waals surface area contributed by atoms with E-state index in [1.54, 1.807) is 19.1 Å². The molecule has 3 aromatic carbocycles. The summed E-state index contributed by atoms with van der Waals surface area (Å²) in [6.07, 6.45) is 0. The van der Waals surface area contributed by atoms with Gasteiger partial charge in [0, 0.05) is 11.3 Å². The van der Waals surface area contributed by atoms with Crippen LogP contribution in [0.3, 0.4) is 0 Å². The molecule has 0 bridgehead atoms. The molecule has 1 unspecified atom stereocenters. The fourth-order valence-corrected chi connectivity index (χ4v) is 4.12. The monoisotopic (exact) mass is 469 g/mol. The number of Topliss-reactive ketones (excluding diaryl/α,β-unsaturated/α-hetero) is 1. The smallest absolute Gasteiger partial charge is 0.300 e. The quantitative estimate of drug-likeness (QED) is 0.275. The number of anilines is 1. The Labute approximate surface area is 194 Å². The Balaban J connectivity index is 1.99. The average molecular weight is 470 g/mol. The molecule has 1 saturated heterocycles. The number of hydrogen-bond donors (Lipinski definition) is 1. The van der Waals surface area contributed by atoms with Crippen LogP contribution in [0.1, 0.15) is 28.3 Å². The maximum absolute atomic E-state index is 13.6. The molecule has 4 rings (SSSR count). The molecule has 1 N–H and O–H groups in total. The van der Waals surface area contributed by atoms with Gasteiger partial charge in [0.05, 0.1) is 21.7 Å². The van der Waals surface area contributed by atoms with E-state index >= 15 is 0 Å². The fraction of sp³-hybridized carbons (Fsp3) is 0.120. The van der Waals surface area contributed by atoms with E-state index in [0.29, 0.717) is 21.8 Å². The predicted octanol–water partition coefficient (Wildman–Crippen LogP) is 6.38. The van der Waals surface area contributed by atoms with Crippen LogP contribution in [0.25, 0.3) is 5.76 Å². The molecule has 1 amide bonds. The summed E-state index contributed by atoms with van der Waals surface area (Å²) in [6.45, 7) is 3.67. The van der Waals surface area contributed by atoms with E-state index in [1.807, 2.05) is 19.1 Å². The Morgan fingerprint density at radius 3 is 2.28 bits per heavy atom. The second-order valence-electron chi connectivity index (χ2n) is 7.64. The summed E-state index contributed by atoms with van der Waals surface area (Å²) in [7, 11) is 0. The van der Waals surface area contributed by atoms with E-state index in [-0.39, 0.29) is 16.4 Å². The molecule has 0 aromatic heterocycles. The van der Waals surface area contributed by atoms with Crippen LogP contribution in [0, 0.1) is 19.7 Å². The number of nitrogens with zero attached hydrogens (tertiary/aromatic N) is 1. The summed E-state index contributed by atoms with van der Waals surface area (Å²) >= 11 is 12.2. The number of amides is 1. The van der Waals surface area contributed by atoms with E-state index in [2.05, 4.69) is 0 Å². The van der Waals surface area contributed by atoms with Gasteiger partial charge in [0.25, 0.3) is 11.7 Å². The molecule has 0 saturated carbocycles. The van der Waals surface area contributed by atoms with E-state index in [1.165, 1.54) is 41.3 Å². The van der Waals surface area contributed by atoms with Gasteiger partial charge < -0.3 is 5.11 Å². The van der Waals surface area contributed by atoms with Crippen LogP contribution in [0.5, 0.6) is 0 Å². The Morgan fingerprint density at radius 2 is 1.62 bits per heavy atom. The summed E-state index contributed by atoms with van der Waals surface area (Å²) in [5.41, 5.74) is 2.78. The van der Waals surface area contributed by atoms with Crippen LogP contribution in [0.2, 0.25) is 10.0 Å². The molecule has 32 heavy (non-hydrogen) atoms. The van der Waals surface area contributed by atoms with E-state index in [9.17, 15) is 19.1 Å². The number of aliphatic hydroxyl groups excluding tert-OH is 1. The molecule has 3 aromatic rings. The summed E-state index contributed by atoms with van der Waals surface area (Å²) < 4.78 is 13.6. The molecular formula is C25H18Cl2FNO3. The lowest BCUT2D eigenvalue weighted by molar-refractivity contribution is -0.132. The molecule has 1 heterocycles. The molecule has 162 valence electrons. The van der Waals surface area contributed by atoms with Gasteiger partial charge >= 0.3 is 0 Å². The van der Waals surface area contributed by atoms with Crippen LogP contribution in [-0.2, 0) is 9.59 Å². The number of carbonyl (C=O) groups is 2. The molecule has 0 radical (unpaired) electrons. The van der Waals surface area contributed by atoms with Gasteiger partial charge in [-0.15, -0.1) is 0 Å². The van der Waals surface area contributed by atoms with Gasteiger partial charge in [-0.1, -0.05) is 53.0 Å². The van der Waals surface area contributed by atoms with E-state index in [4.69, 9.17) is 23.2 Å². The van der Waals surface area contributed by atoms with Gasteiger partial charge in [-0.25, -0.2) is 4.39 Å². The SMILES string of the molecule is Cc1ccc(C)c(/C(O)=C2\C(=O)C(=O)N(c3ccc(Cl)c(Cl)c3)C2c2ccc(F)cc2)c1. The standard InChI is InChI=1S/C25H18Cl2FNO3/c1-13-3-4-14(2)18(11-13)23(30)21-22(15-5-7-16(28)8-6-15)29(25(32)24(21)31)17-9-10-19(26)20(27)12-17/h3-12,22,30H,1-2H3/b23-21+. The number of benzene rings is 3. The van der Waals surface area contributed by atoms with Crippen LogP contribution in [0.4, 0.5) is 10.1 Å². The van der Waals surface area contributed by atoms with Crippen molar-refractivity contribution in [3.8, 4) is 0 Å². The van der Waals surface area contributed by atoms with Crippen LogP contribution < -0.4 is 4.90 Å². The lowest BCUT2D eigenvalue weighted by atomic mass is 9.93. The van der Waals surface area contributed by atoms with Crippen molar-refractivity contribution in [1.82, 2.24) is 0 Å². The third-order valence-electron chi connectivity index (χ3n) is 5.46. The van der Waals surface area contributed by atoms with Gasteiger partial charge in [0.2, 0.25) is 0 Å². The largest absolute Gasteiger partial charge is 0.507 e. The minimum atomic E-state index is -0.979. The lowest BCUT2D eigenvalue weighted by Crippen LogP contribution is -2.29. The summed E-state index contributed by atoms with van der Waals surface area (Å²) in [6, 6.07) is 14.5. The van der Waals surface area contributed by atoms with Crippen molar-refractivity contribution in [2.75, 3.05) is 4.90 Å². The number of aliphatic hydroxyl groups is 1. The topological polar surface area (TPSA) is 57.6 Å². The van der Waals surface area contributed by atoms with E-state index < -0.39 is 23.5 Å². The highest BCUT2D eigenvalue weighted by Gasteiger charge is 2.47. The lowest BCUT2D eigenvalue weighted by Gasteiger charge is -2.26. The van der Waals surface area contributed by atoms with Gasteiger partial charge in [-0.3, -0.25) is 14.5 Å². The van der Waals surface area contributed by atoms with Crippen molar-refractivity contribution in [2.24, 2.45) is 0 Å². The average Bonchev–Trinajstić information content (AvgIpc) is 3.02. The highest BCUT2D eigenvalue weighted by Crippen LogP contribution is 2.43. The van der Waals surface area contributed by atoms with Crippen molar-refractivity contribution in [2.45, 2.75) is 19.9 Å². The second kappa shape index (κ2) is 8.41. The summed E-state index contributed by atoms with van der Waals surface area (Å²) in [5.74, 6) is -2.43. The molecule has 4 nitrogen and oxygen atoms in total. The fourth-order valence-electron chi connectivity index (χ4n) is 3.83. The number of halogens is 3. The Bertz CT molecular complexity index is 1280. The summed E-state index contributed by atoms with van der Waals surface area (Å²) in [4.78, 5) is 27.5. The zero-order valence-corrected chi connectivity index (χ0v) is 18.7. The molecule has 0 spiro atoms. The first-order valence-corrected chi connectivity index (χ1v) is 10.5. The number of hydrogen-bond acceptors (Lipinski definition) is 3. The minimum Gasteiger partial charge on any atom is -0.507 e. The van der Waals surface area contributed by atoms with E-state index in [0.717, 1.165) is 11.1 Å². The van der Waals surface area contributed by atoms with Crippen molar-refractivity contribution in [3.05, 3.63) is 104 Å². The van der Waals surface area contributed by atoms with Crippen molar-refractivity contribution >= 4 is 46.3 Å². The number of rotatable bonds is 3. The maximum Gasteiger partial charge on any atom is 0.300 e. The first kappa shape index (κ1) is 22.1. The van der Waals surface area contributed by atoms with Gasteiger partial charge in [-0.2, -0.15) is 0 Å². The second-order valence-corrected chi connectivity index (χ2v) is 8.45. The third-order valence-corrected chi connectivity index (χ3v) is 6.20. The minimum absolute atomic E-state index is 0.0821. The van der Waals surface area contributed by atoms with Crippen molar-refractivity contribution in [1.29, 1.82) is 0 Å². The molecule has 1 atom stereocenters. The number of ketones is 1. The molecule has 7 heteroatoms. The number of carbonyl (C=O) groups excluding carboxylic acids is 2. The summed E-state index contributed by atoms with van der Waals surface area (Å²) in [5, 5.41) is 11.7. The first-order chi connectivity index (χ1) is 15.2. The molecule has 1 aliphatic heterocycles. The molecule has 1 fully saturated rings. The highest BCUT2D eigenvalue weighted by molar-refractivity contribution is 6.52. The zero-order chi connectivity index (χ0) is 23.2. The van der Waals surface area contributed by atoms with Crippen LogP contribution >= 0.6 is 23.2 Å². The van der Waals surface area contributed by atoms with Crippen molar-refractivity contribution in [3.63, 3.8) is 0 Å². The van der Waals surface area contributed by atoms with Crippen molar-refractivity contribution < 1.29 is 19.1 Å². The van der Waals surface area contributed by atoms with Gasteiger partial charge in [0.1, 0.15) is 11.6 Å². The molecule has 1 aliphatic rings. The normalized spacial score (nSPS) is 17.8. The third kappa shape index (κ3) is 3.78. The first-order valence-electron chi connectivity index (χ1n) is 9.78. The molecule has 0 aliphatic carbocycles. The number of aryl methyl sites for hydroxylation is 2. The Kier molecular flexibility index (Phi) is 5.80. The molecular weight excluding hydrogens is 452 g/mol.